The number of aryl methyl sites for hydroxylation is 2. The Balaban J connectivity index is 3.26. The van der Waals surface area contributed by atoms with Crippen LogP contribution >= 0.6 is 0 Å². The van der Waals surface area contributed by atoms with E-state index in [0.29, 0.717) is 0 Å². The molecule has 0 aliphatic rings. The third kappa shape index (κ3) is 3.46. The second-order valence-electron chi connectivity index (χ2n) is 5.48. The number of anilines is 1. The van der Waals surface area contributed by atoms with Crippen molar-refractivity contribution in [2.75, 3.05) is 5.73 Å². The molecule has 1 aromatic carbocycles. The maximum Gasteiger partial charge on any atom is 0.243 e. The lowest BCUT2D eigenvalue weighted by Gasteiger charge is -2.29. The topological polar surface area (TPSA) is 92.4 Å². The summed E-state index contributed by atoms with van der Waals surface area (Å²) in [6.07, 6.45) is -0.824. The molecular formula is C13H22N2O3S. The molecule has 0 fully saturated rings. The van der Waals surface area contributed by atoms with E-state index in [4.69, 9.17) is 5.73 Å². The highest BCUT2D eigenvalue weighted by Gasteiger charge is 2.31. The summed E-state index contributed by atoms with van der Waals surface area (Å²) >= 11 is 0. The van der Waals surface area contributed by atoms with Crippen molar-refractivity contribution in [3.8, 4) is 0 Å². The summed E-state index contributed by atoms with van der Waals surface area (Å²) in [6.45, 7) is 8.47. The fourth-order valence-corrected chi connectivity index (χ4v) is 3.21. The Kier molecular flexibility index (Phi) is 4.29. The molecule has 6 heteroatoms. The lowest BCUT2D eigenvalue weighted by molar-refractivity contribution is 0.111. The highest BCUT2D eigenvalue weighted by atomic mass is 32.2. The fraction of sp³-hybridized carbons (Fsp3) is 0.538. The van der Waals surface area contributed by atoms with E-state index in [1.165, 1.54) is 6.92 Å². The molecule has 0 amide bonds. The maximum absolute atomic E-state index is 12.3. The molecule has 0 spiro atoms. The predicted molar refractivity (Wildman–Crippen MR) is 76.4 cm³/mol. The molecule has 1 aromatic rings. The number of nitrogens with one attached hydrogen (secondary N) is 1. The largest absolute Gasteiger partial charge is 0.398 e. The van der Waals surface area contributed by atoms with Crippen LogP contribution in [-0.4, -0.2) is 25.2 Å². The van der Waals surface area contributed by atoms with Crippen LogP contribution in [0.5, 0.6) is 0 Å². The molecule has 0 saturated carbocycles. The molecule has 0 aliphatic carbocycles. The predicted octanol–water partition coefficient (Wildman–Crippen LogP) is 1.32. The van der Waals surface area contributed by atoms with E-state index in [2.05, 4.69) is 4.72 Å². The van der Waals surface area contributed by atoms with Crippen molar-refractivity contribution in [3.63, 3.8) is 0 Å². The van der Waals surface area contributed by atoms with Gasteiger partial charge in [-0.2, -0.15) is 0 Å². The van der Waals surface area contributed by atoms with Crippen molar-refractivity contribution < 1.29 is 13.5 Å². The summed E-state index contributed by atoms with van der Waals surface area (Å²) in [4.78, 5) is 0.0457. The smallest absolute Gasteiger partial charge is 0.243 e. The zero-order valence-corrected chi connectivity index (χ0v) is 12.8. The molecule has 0 bridgehead atoms. The average molecular weight is 286 g/mol. The van der Waals surface area contributed by atoms with E-state index in [1.54, 1.807) is 26.0 Å². The normalized spacial score (nSPS) is 14.4. The van der Waals surface area contributed by atoms with Gasteiger partial charge in [-0.3, -0.25) is 0 Å². The standard InChI is InChI=1S/C13H22N2O3S/c1-8-6-11(14)12(7-9(8)2)19(17,18)15-13(4,5)10(3)16/h6-7,10,15-16H,14H2,1-5H3. The van der Waals surface area contributed by atoms with Crippen molar-refractivity contribution in [2.45, 2.75) is 51.2 Å². The Morgan fingerprint density at radius 2 is 1.74 bits per heavy atom. The first-order valence-corrected chi connectivity index (χ1v) is 7.54. The summed E-state index contributed by atoms with van der Waals surface area (Å²) in [5.74, 6) is 0. The van der Waals surface area contributed by atoms with Crippen LogP contribution in [0.25, 0.3) is 0 Å². The minimum atomic E-state index is -3.77. The molecule has 19 heavy (non-hydrogen) atoms. The number of hydrogen-bond donors (Lipinski definition) is 3. The van der Waals surface area contributed by atoms with Gasteiger partial charge in [-0.05, 0) is 57.9 Å². The van der Waals surface area contributed by atoms with Gasteiger partial charge in [0.2, 0.25) is 10.0 Å². The molecular weight excluding hydrogens is 264 g/mol. The Morgan fingerprint density at radius 3 is 2.21 bits per heavy atom. The first-order valence-electron chi connectivity index (χ1n) is 6.06. The van der Waals surface area contributed by atoms with Gasteiger partial charge in [0, 0.05) is 0 Å². The van der Waals surface area contributed by atoms with Crippen LogP contribution in [0.15, 0.2) is 17.0 Å². The van der Waals surface area contributed by atoms with Gasteiger partial charge in [0.25, 0.3) is 0 Å². The second-order valence-corrected chi connectivity index (χ2v) is 7.13. The average Bonchev–Trinajstić information content (AvgIpc) is 2.21. The number of hydrogen-bond acceptors (Lipinski definition) is 4. The molecule has 0 radical (unpaired) electrons. The molecule has 0 aliphatic heterocycles. The minimum Gasteiger partial charge on any atom is -0.398 e. The van der Waals surface area contributed by atoms with Crippen molar-refractivity contribution in [1.29, 1.82) is 0 Å². The lowest BCUT2D eigenvalue weighted by atomic mass is 10.0. The Morgan fingerprint density at radius 1 is 1.26 bits per heavy atom. The summed E-state index contributed by atoms with van der Waals surface area (Å²) in [5.41, 5.74) is 6.81. The van der Waals surface area contributed by atoms with Gasteiger partial charge in [-0.25, -0.2) is 13.1 Å². The highest BCUT2D eigenvalue weighted by molar-refractivity contribution is 7.89. The summed E-state index contributed by atoms with van der Waals surface area (Å²) in [7, 11) is -3.77. The zero-order valence-electron chi connectivity index (χ0n) is 12.0. The van der Waals surface area contributed by atoms with Crippen LogP contribution in [0.4, 0.5) is 5.69 Å². The van der Waals surface area contributed by atoms with E-state index >= 15 is 0 Å². The first kappa shape index (κ1) is 15.9. The first-order chi connectivity index (χ1) is 8.47. The Labute approximate surface area is 114 Å². The van der Waals surface area contributed by atoms with Gasteiger partial charge in [-0.15, -0.1) is 0 Å². The minimum absolute atomic E-state index is 0.0457. The second kappa shape index (κ2) is 5.11. The monoisotopic (exact) mass is 286 g/mol. The third-order valence-corrected chi connectivity index (χ3v) is 5.08. The van der Waals surface area contributed by atoms with E-state index < -0.39 is 21.7 Å². The molecule has 0 saturated heterocycles. The quantitative estimate of drug-likeness (QED) is 0.728. The summed E-state index contributed by atoms with van der Waals surface area (Å²) in [6, 6.07) is 3.18. The van der Waals surface area contributed by atoms with E-state index in [9.17, 15) is 13.5 Å². The Bertz CT molecular complexity index is 578. The van der Waals surface area contributed by atoms with E-state index in [0.717, 1.165) is 11.1 Å². The van der Waals surface area contributed by atoms with Crippen LogP contribution < -0.4 is 10.5 Å². The molecule has 1 unspecified atom stereocenters. The van der Waals surface area contributed by atoms with E-state index in [1.807, 2.05) is 13.8 Å². The fourth-order valence-electron chi connectivity index (χ4n) is 1.53. The number of rotatable bonds is 4. The van der Waals surface area contributed by atoms with Crippen LogP contribution in [0.3, 0.4) is 0 Å². The molecule has 108 valence electrons. The number of aliphatic hydroxyl groups excluding tert-OH is 1. The molecule has 0 aromatic heterocycles. The van der Waals surface area contributed by atoms with Gasteiger partial charge in [0.1, 0.15) is 4.90 Å². The lowest BCUT2D eigenvalue weighted by Crippen LogP contribution is -2.50. The van der Waals surface area contributed by atoms with Gasteiger partial charge in [0.15, 0.2) is 0 Å². The van der Waals surface area contributed by atoms with Gasteiger partial charge >= 0.3 is 0 Å². The number of aliphatic hydroxyl groups is 1. The highest BCUT2D eigenvalue weighted by Crippen LogP contribution is 2.24. The molecule has 1 rings (SSSR count). The van der Waals surface area contributed by atoms with Crippen molar-refractivity contribution in [2.24, 2.45) is 0 Å². The molecule has 0 heterocycles. The zero-order chi connectivity index (χ0) is 15.0. The maximum atomic E-state index is 12.3. The molecule has 5 nitrogen and oxygen atoms in total. The van der Waals surface area contributed by atoms with Crippen LogP contribution in [-0.2, 0) is 10.0 Å². The third-order valence-electron chi connectivity index (χ3n) is 3.36. The van der Waals surface area contributed by atoms with Crippen LogP contribution in [0, 0.1) is 13.8 Å². The SMILES string of the molecule is Cc1cc(N)c(S(=O)(=O)NC(C)(C)C(C)O)cc1C. The van der Waals surface area contributed by atoms with Crippen molar-refractivity contribution in [1.82, 2.24) is 4.72 Å². The van der Waals surface area contributed by atoms with Gasteiger partial charge in [-0.1, -0.05) is 0 Å². The van der Waals surface area contributed by atoms with Gasteiger partial charge < -0.3 is 10.8 Å². The number of nitrogen functional groups attached to an aromatic ring is 1. The Hall–Kier alpha value is -1.11. The summed E-state index contributed by atoms with van der Waals surface area (Å²) < 4.78 is 27.1. The van der Waals surface area contributed by atoms with Crippen molar-refractivity contribution in [3.05, 3.63) is 23.3 Å². The summed E-state index contributed by atoms with van der Waals surface area (Å²) in [5, 5.41) is 9.60. The van der Waals surface area contributed by atoms with Gasteiger partial charge in [0.05, 0.1) is 17.3 Å². The van der Waals surface area contributed by atoms with Crippen molar-refractivity contribution >= 4 is 15.7 Å². The van der Waals surface area contributed by atoms with E-state index in [-0.39, 0.29) is 10.6 Å². The number of sulfonamides is 1. The van der Waals surface area contributed by atoms with Crippen LogP contribution in [0.1, 0.15) is 31.9 Å². The number of nitrogens with two attached hydrogens (primary N) is 1. The molecule has 4 N–H and O–H groups in total. The molecule has 1 atom stereocenters. The number of benzene rings is 1. The van der Waals surface area contributed by atoms with Crippen LogP contribution in [0.2, 0.25) is 0 Å².